The van der Waals surface area contributed by atoms with Crippen LogP contribution in [0, 0.1) is 24.2 Å². The van der Waals surface area contributed by atoms with Crippen LogP contribution in [0.1, 0.15) is 22.9 Å². The summed E-state index contributed by atoms with van der Waals surface area (Å²) in [5.74, 6) is 1.61. The number of aromatic nitrogens is 3. The van der Waals surface area contributed by atoms with E-state index in [1.807, 2.05) is 35.7 Å². The second-order valence-electron chi connectivity index (χ2n) is 7.30. The third-order valence-electron chi connectivity index (χ3n) is 5.66. The van der Waals surface area contributed by atoms with Crippen molar-refractivity contribution in [3.8, 4) is 6.07 Å². The second kappa shape index (κ2) is 5.66. The first-order chi connectivity index (χ1) is 12.7. The van der Waals surface area contributed by atoms with E-state index in [0.717, 1.165) is 36.3 Å². The van der Waals surface area contributed by atoms with E-state index in [4.69, 9.17) is 9.15 Å². The van der Waals surface area contributed by atoms with Crippen molar-refractivity contribution in [1.29, 1.82) is 5.26 Å². The monoisotopic (exact) mass is 349 g/mol. The molecular formula is C19H19N5O2. The van der Waals surface area contributed by atoms with Gasteiger partial charge in [-0.25, -0.2) is 0 Å². The summed E-state index contributed by atoms with van der Waals surface area (Å²) in [6.45, 7) is 5.57. The lowest BCUT2D eigenvalue weighted by molar-refractivity contribution is 0.140. The molecule has 26 heavy (non-hydrogen) atoms. The number of likely N-dealkylation sites (tertiary alicyclic amines) is 1. The van der Waals surface area contributed by atoms with Crippen LogP contribution in [-0.2, 0) is 16.7 Å². The summed E-state index contributed by atoms with van der Waals surface area (Å²) in [7, 11) is 0. The van der Waals surface area contributed by atoms with Crippen LogP contribution in [0.25, 0.3) is 5.52 Å². The molecule has 0 unspecified atom stereocenters. The third-order valence-corrected chi connectivity index (χ3v) is 5.66. The minimum absolute atomic E-state index is 0.229. The van der Waals surface area contributed by atoms with Gasteiger partial charge in [-0.2, -0.15) is 5.26 Å². The molecule has 0 radical (unpaired) electrons. The largest absolute Gasteiger partial charge is 0.425 e. The first kappa shape index (κ1) is 15.6. The van der Waals surface area contributed by atoms with Gasteiger partial charge >= 0.3 is 0 Å². The highest BCUT2D eigenvalue weighted by Gasteiger charge is 2.55. The molecule has 3 aromatic rings. The molecule has 7 heteroatoms. The summed E-state index contributed by atoms with van der Waals surface area (Å²) in [5, 5.41) is 17.9. The molecule has 0 N–H and O–H groups in total. The number of aryl methyl sites for hydroxylation is 1. The molecule has 5 heterocycles. The van der Waals surface area contributed by atoms with Crippen molar-refractivity contribution in [2.45, 2.75) is 18.9 Å². The number of nitrogens with zero attached hydrogens (tertiary/aromatic N) is 5. The molecule has 2 atom stereocenters. The van der Waals surface area contributed by atoms with Gasteiger partial charge in [0, 0.05) is 50.4 Å². The summed E-state index contributed by atoms with van der Waals surface area (Å²) in [6.07, 6.45) is 4.04. The fraction of sp³-hybridized carbons (Fsp3) is 0.421. The predicted octanol–water partition coefficient (Wildman–Crippen LogP) is 1.90. The average molecular weight is 349 g/mol. The Morgan fingerprint density at radius 1 is 1.38 bits per heavy atom. The molecule has 0 saturated carbocycles. The Labute approximate surface area is 150 Å². The zero-order valence-corrected chi connectivity index (χ0v) is 14.6. The number of rotatable bonds is 3. The molecule has 2 fully saturated rings. The molecule has 5 rings (SSSR count). The van der Waals surface area contributed by atoms with E-state index < -0.39 is 0 Å². The fourth-order valence-corrected chi connectivity index (χ4v) is 4.43. The van der Waals surface area contributed by atoms with Crippen LogP contribution in [0.2, 0.25) is 0 Å². The van der Waals surface area contributed by atoms with Crippen LogP contribution in [0.5, 0.6) is 0 Å². The Balaban J connectivity index is 1.46. The molecule has 0 aliphatic carbocycles. The van der Waals surface area contributed by atoms with Gasteiger partial charge < -0.3 is 13.6 Å². The Bertz CT molecular complexity index is 1020. The van der Waals surface area contributed by atoms with E-state index in [9.17, 15) is 5.26 Å². The number of nitriles is 1. The molecule has 0 bridgehead atoms. The van der Waals surface area contributed by atoms with E-state index in [0.29, 0.717) is 30.9 Å². The number of hydrogen-bond donors (Lipinski definition) is 0. The zero-order chi connectivity index (χ0) is 17.7. The van der Waals surface area contributed by atoms with Crippen molar-refractivity contribution in [2.24, 2.45) is 5.92 Å². The van der Waals surface area contributed by atoms with Crippen LogP contribution in [-0.4, -0.2) is 45.8 Å². The molecular weight excluding hydrogens is 330 g/mol. The first-order valence-corrected chi connectivity index (χ1v) is 8.79. The lowest BCUT2D eigenvalue weighted by atomic mass is 9.81. The maximum atomic E-state index is 9.64. The molecule has 2 aliphatic rings. The maximum absolute atomic E-state index is 9.64. The number of hydrogen-bond acceptors (Lipinski definition) is 6. The zero-order valence-electron chi connectivity index (χ0n) is 14.6. The molecule has 2 aliphatic heterocycles. The lowest BCUT2D eigenvalue weighted by Crippen LogP contribution is -2.35. The van der Waals surface area contributed by atoms with Crippen LogP contribution in [0.4, 0.5) is 0 Å². The number of ether oxygens (including phenoxy) is 1. The van der Waals surface area contributed by atoms with Crippen molar-refractivity contribution in [2.75, 3.05) is 26.3 Å². The van der Waals surface area contributed by atoms with Gasteiger partial charge in [-0.3, -0.25) is 4.90 Å². The highest BCUT2D eigenvalue weighted by molar-refractivity contribution is 5.65. The first-order valence-electron chi connectivity index (χ1n) is 8.79. The standard InChI is InChI=1S/C19H19N5O2/c1-13-21-22-18(26-13)19-11-23(9-15(19)10-25-12-19)7-14-8-24-5-3-2-4-17(24)16(14)6-20/h2-5,8,15H,7,9-12H2,1H3/t15-,19-/m0/s1. The van der Waals surface area contributed by atoms with Gasteiger partial charge in [0.2, 0.25) is 11.8 Å². The van der Waals surface area contributed by atoms with Gasteiger partial charge in [0.05, 0.1) is 29.7 Å². The number of fused-ring (bicyclic) bond motifs is 2. The molecule has 132 valence electrons. The molecule has 0 aromatic carbocycles. The smallest absolute Gasteiger partial charge is 0.226 e. The number of pyridine rings is 1. The Hall–Kier alpha value is -2.69. The van der Waals surface area contributed by atoms with Crippen molar-refractivity contribution in [3.63, 3.8) is 0 Å². The maximum Gasteiger partial charge on any atom is 0.226 e. The van der Waals surface area contributed by atoms with E-state index in [1.165, 1.54) is 0 Å². The molecule has 3 aromatic heterocycles. The molecule has 0 spiro atoms. The molecule has 0 amide bonds. The topological polar surface area (TPSA) is 79.6 Å². The Morgan fingerprint density at radius 2 is 2.31 bits per heavy atom. The van der Waals surface area contributed by atoms with Gasteiger partial charge in [-0.15, -0.1) is 10.2 Å². The lowest BCUT2D eigenvalue weighted by Gasteiger charge is -2.22. The van der Waals surface area contributed by atoms with E-state index in [-0.39, 0.29) is 5.41 Å². The van der Waals surface area contributed by atoms with Gasteiger partial charge in [-0.1, -0.05) is 6.07 Å². The third kappa shape index (κ3) is 2.19. The van der Waals surface area contributed by atoms with E-state index in [2.05, 4.69) is 27.4 Å². The minimum Gasteiger partial charge on any atom is -0.425 e. The predicted molar refractivity (Wildman–Crippen MR) is 92.4 cm³/mol. The minimum atomic E-state index is -0.229. The van der Waals surface area contributed by atoms with E-state index in [1.54, 1.807) is 0 Å². The van der Waals surface area contributed by atoms with Gasteiger partial charge in [0.1, 0.15) is 6.07 Å². The quantitative estimate of drug-likeness (QED) is 0.718. The van der Waals surface area contributed by atoms with Crippen molar-refractivity contribution < 1.29 is 9.15 Å². The van der Waals surface area contributed by atoms with Crippen LogP contribution < -0.4 is 0 Å². The Morgan fingerprint density at radius 3 is 3.12 bits per heavy atom. The summed E-state index contributed by atoms with van der Waals surface area (Å²) in [4.78, 5) is 2.38. The fourth-order valence-electron chi connectivity index (χ4n) is 4.43. The van der Waals surface area contributed by atoms with Crippen LogP contribution >= 0.6 is 0 Å². The SMILES string of the molecule is Cc1nnc([C@@]23COC[C@@H]2CN(Cc2cn4ccccc4c2C#N)C3)o1. The molecule has 7 nitrogen and oxygen atoms in total. The van der Waals surface area contributed by atoms with Gasteiger partial charge in [-0.05, 0) is 12.1 Å². The van der Waals surface area contributed by atoms with Crippen molar-refractivity contribution in [1.82, 2.24) is 19.5 Å². The summed E-state index contributed by atoms with van der Waals surface area (Å²) >= 11 is 0. The highest BCUT2D eigenvalue weighted by Crippen LogP contribution is 2.43. The van der Waals surface area contributed by atoms with Crippen molar-refractivity contribution in [3.05, 3.63) is 53.5 Å². The highest BCUT2D eigenvalue weighted by atomic mass is 16.5. The summed E-state index contributed by atoms with van der Waals surface area (Å²) in [6, 6.07) is 8.30. The average Bonchev–Trinajstić information content (AvgIpc) is 3.36. The Kier molecular flexibility index (Phi) is 3.39. The second-order valence-corrected chi connectivity index (χ2v) is 7.30. The van der Waals surface area contributed by atoms with E-state index >= 15 is 0 Å². The van der Waals surface area contributed by atoms with Crippen LogP contribution in [0.3, 0.4) is 0 Å². The van der Waals surface area contributed by atoms with Gasteiger partial charge in [0.25, 0.3) is 0 Å². The van der Waals surface area contributed by atoms with Crippen LogP contribution in [0.15, 0.2) is 35.0 Å². The van der Waals surface area contributed by atoms with Crippen molar-refractivity contribution >= 4 is 5.52 Å². The molecule has 2 saturated heterocycles. The summed E-state index contributed by atoms with van der Waals surface area (Å²) < 4.78 is 13.6. The normalized spacial score (nSPS) is 25.6. The summed E-state index contributed by atoms with van der Waals surface area (Å²) in [5.41, 5.74) is 2.53. The van der Waals surface area contributed by atoms with Gasteiger partial charge in [0.15, 0.2) is 0 Å².